The molecule has 7 heteroatoms. The van der Waals surface area contributed by atoms with Gasteiger partial charge >= 0.3 is 5.97 Å². The molecule has 6 nitrogen and oxygen atoms in total. The second-order valence-electron chi connectivity index (χ2n) is 5.53. The van der Waals surface area contributed by atoms with E-state index in [0.717, 1.165) is 24.1 Å². The average molecular weight is 324 g/mol. The molecule has 0 saturated heterocycles. The highest BCUT2D eigenvalue weighted by molar-refractivity contribution is 7.86. The van der Waals surface area contributed by atoms with Gasteiger partial charge in [0.1, 0.15) is 13.2 Å². The first kappa shape index (κ1) is 20.3. The fourth-order valence-electron chi connectivity index (χ4n) is 2.13. The average Bonchev–Trinajstić information content (AvgIpc) is 2.45. The molecule has 0 aliphatic carbocycles. The largest absolute Gasteiger partial charge is 0.459 e. The predicted octanol–water partition coefficient (Wildman–Crippen LogP) is 1.41. The van der Waals surface area contributed by atoms with Gasteiger partial charge in [0.05, 0.1) is 38.4 Å². The summed E-state index contributed by atoms with van der Waals surface area (Å²) in [4.78, 5) is 11.5. The zero-order valence-corrected chi connectivity index (χ0v) is 14.7. The Balaban J connectivity index is 4.39. The Morgan fingerprint density at radius 1 is 1.14 bits per heavy atom. The van der Waals surface area contributed by atoms with Gasteiger partial charge in [-0.2, -0.15) is 8.42 Å². The summed E-state index contributed by atoms with van der Waals surface area (Å²) in [5, 5.41) is 0. The van der Waals surface area contributed by atoms with E-state index < -0.39 is 10.1 Å². The molecule has 0 N–H and O–H groups in total. The summed E-state index contributed by atoms with van der Waals surface area (Å²) < 4.78 is 33.1. The number of nitrogens with zero attached hydrogens (tertiary/aromatic N) is 1. The lowest BCUT2D eigenvalue weighted by atomic mass is 10.2. The van der Waals surface area contributed by atoms with Gasteiger partial charge in [0, 0.05) is 6.42 Å². The van der Waals surface area contributed by atoms with E-state index in [2.05, 4.69) is 18.0 Å². The summed E-state index contributed by atoms with van der Waals surface area (Å²) in [6, 6.07) is 0. The number of esters is 1. The molecule has 0 bridgehead atoms. The molecule has 0 fully saturated rings. The van der Waals surface area contributed by atoms with Crippen LogP contribution in [0.3, 0.4) is 0 Å². The molecule has 0 amide bonds. The summed E-state index contributed by atoms with van der Waals surface area (Å²) in [5.41, 5.74) is 0. The van der Waals surface area contributed by atoms with Crippen LogP contribution in [0.15, 0.2) is 0 Å². The van der Waals surface area contributed by atoms with Crippen molar-refractivity contribution >= 4 is 16.1 Å². The first-order valence-electron chi connectivity index (χ1n) is 7.52. The van der Waals surface area contributed by atoms with Crippen molar-refractivity contribution in [3.63, 3.8) is 0 Å². The van der Waals surface area contributed by atoms with Gasteiger partial charge in [0.25, 0.3) is 10.1 Å². The van der Waals surface area contributed by atoms with Crippen LogP contribution in [0.2, 0.25) is 0 Å². The molecule has 0 aromatic rings. The molecular formula is C14H30NO5S+. The maximum atomic E-state index is 11.5. The van der Waals surface area contributed by atoms with E-state index >= 15 is 0 Å². The van der Waals surface area contributed by atoms with E-state index in [0.29, 0.717) is 19.6 Å². The van der Waals surface area contributed by atoms with Crippen molar-refractivity contribution in [1.82, 2.24) is 0 Å². The Morgan fingerprint density at radius 3 is 2.14 bits per heavy atom. The van der Waals surface area contributed by atoms with Gasteiger partial charge in [-0.3, -0.25) is 8.98 Å². The molecular weight excluding hydrogens is 294 g/mol. The van der Waals surface area contributed by atoms with Crippen molar-refractivity contribution in [3.05, 3.63) is 0 Å². The molecule has 126 valence electrons. The molecule has 0 aromatic carbocycles. The topological polar surface area (TPSA) is 69.7 Å². The molecule has 0 spiro atoms. The third kappa shape index (κ3) is 7.78. The number of hydrogen-bond acceptors (Lipinski definition) is 5. The maximum Gasteiger partial charge on any atom is 0.308 e. The molecule has 0 atom stereocenters. The molecule has 0 radical (unpaired) electrons. The highest BCUT2D eigenvalue weighted by Crippen LogP contribution is 2.10. The van der Waals surface area contributed by atoms with E-state index in [9.17, 15) is 13.2 Å². The minimum atomic E-state index is -3.40. The van der Waals surface area contributed by atoms with E-state index in [1.165, 1.54) is 7.11 Å². The number of hydrogen-bond donors (Lipinski definition) is 0. The Hall–Kier alpha value is -0.660. The second-order valence-corrected chi connectivity index (χ2v) is 7.38. The third-order valence-corrected chi connectivity index (χ3v) is 5.20. The SMILES string of the molecule is CC[N+](CC)(CCCS(=O)(=O)OC)CCOC(=O)C(C)C. The molecule has 0 heterocycles. The summed E-state index contributed by atoms with van der Waals surface area (Å²) in [5.74, 6) is -0.292. The van der Waals surface area contributed by atoms with E-state index in [4.69, 9.17) is 4.74 Å². The van der Waals surface area contributed by atoms with Crippen molar-refractivity contribution in [2.45, 2.75) is 34.1 Å². The van der Waals surface area contributed by atoms with Gasteiger partial charge in [-0.05, 0) is 13.8 Å². The van der Waals surface area contributed by atoms with Crippen molar-refractivity contribution in [3.8, 4) is 0 Å². The first-order chi connectivity index (χ1) is 9.72. The number of ether oxygens (including phenoxy) is 1. The summed E-state index contributed by atoms with van der Waals surface area (Å²) in [7, 11) is -2.22. The van der Waals surface area contributed by atoms with Gasteiger partial charge in [0.2, 0.25) is 0 Å². The fourth-order valence-corrected chi connectivity index (χ4v) is 2.78. The Kier molecular flexibility index (Phi) is 9.08. The van der Waals surface area contributed by atoms with Crippen LogP contribution < -0.4 is 0 Å². The maximum absolute atomic E-state index is 11.5. The smallest absolute Gasteiger partial charge is 0.308 e. The summed E-state index contributed by atoms with van der Waals surface area (Å²) >= 11 is 0. The van der Waals surface area contributed by atoms with Crippen LogP contribution in [0, 0.1) is 5.92 Å². The lowest BCUT2D eigenvalue weighted by Gasteiger charge is -2.36. The Bertz CT molecular complexity index is 402. The van der Waals surface area contributed by atoms with Crippen LogP contribution in [0.25, 0.3) is 0 Å². The van der Waals surface area contributed by atoms with E-state index in [-0.39, 0.29) is 17.6 Å². The lowest BCUT2D eigenvalue weighted by molar-refractivity contribution is -0.925. The standard InChI is InChI=1S/C14H30NO5S/c1-6-15(7-2,9-8-12-21(17,18)19-5)10-11-20-14(16)13(3)4/h13H,6-12H2,1-5H3/q+1. The number of quaternary nitrogens is 1. The molecule has 0 saturated carbocycles. The van der Waals surface area contributed by atoms with Gasteiger partial charge in [0.15, 0.2) is 0 Å². The number of carbonyl (C=O) groups is 1. The number of likely N-dealkylation sites (N-methyl/N-ethyl adjacent to an activating group) is 1. The molecule has 0 aromatic heterocycles. The normalized spacial score (nSPS) is 12.7. The van der Waals surface area contributed by atoms with Gasteiger partial charge < -0.3 is 9.22 Å². The minimum Gasteiger partial charge on any atom is -0.459 e. The second kappa shape index (κ2) is 9.38. The Morgan fingerprint density at radius 2 is 1.71 bits per heavy atom. The number of carbonyl (C=O) groups excluding carboxylic acids is 1. The molecule has 0 unspecified atom stereocenters. The van der Waals surface area contributed by atoms with Gasteiger partial charge in [-0.25, -0.2) is 0 Å². The van der Waals surface area contributed by atoms with Crippen LogP contribution in [-0.2, 0) is 23.8 Å². The molecule has 0 aliphatic heterocycles. The zero-order valence-electron chi connectivity index (χ0n) is 13.9. The van der Waals surface area contributed by atoms with E-state index in [1.807, 2.05) is 0 Å². The van der Waals surface area contributed by atoms with Crippen molar-refractivity contribution in [2.24, 2.45) is 5.92 Å². The lowest BCUT2D eigenvalue weighted by Crippen LogP contribution is -2.51. The highest BCUT2D eigenvalue weighted by atomic mass is 32.2. The van der Waals surface area contributed by atoms with Crippen LogP contribution >= 0.6 is 0 Å². The zero-order chi connectivity index (χ0) is 16.5. The van der Waals surface area contributed by atoms with Crippen LogP contribution in [0.5, 0.6) is 0 Å². The van der Waals surface area contributed by atoms with E-state index in [1.54, 1.807) is 13.8 Å². The van der Waals surface area contributed by atoms with Crippen LogP contribution in [0.1, 0.15) is 34.1 Å². The van der Waals surface area contributed by atoms with Crippen LogP contribution in [0.4, 0.5) is 0 Å². The van der Waals surface area contributed by atoms with Crippen molar-refractivity contribution < 1.29 is 26.6 Å². The summed E-state index contributed by atoms with van der Waals surface area (Å²) in [6.07, 6.45) is 0.538. The predicted molar refractivity (Wildman–Crippen MR) is 82.3 cm³/mol. The van der Waals surface area contributed by atoms with Crippen molar-refractivity contribution in [2.75, 3.05) is 45.6 Å². The monoisotopic (exact) mass is 324 g/mol. The van der Waals surface area contributed by atoms with Gasteiger partial charge in [-0.1, -0.05) is 13.8 Å². The quantitative estimate of drug-likeness (QED) is 0.326. The molecule has 0 rings (SSSR count). The molecule has 21 heavy (non-hydrogen) atoms. The first-order valence-corrected chi connectivity index (χ1v) is 9.09. The van der Waals surface area contributed by atoms with Crippen LogP contribution in [-0.4, -0.2) is 64.5 Å². The minimum absolute atomic E-state index is 0.0231. The molecule has 0 aliphatic rings. The summed E-state index contributed by atoms with van der Waals surface area (Å²) in [6.45, 7) is 11.3. The van der Waals surface area contributed by atoms with Gasteiger partial charge in [-0.15, -0.1) is 0 Å². The Labute approximate surface area is 129 Å². The third-order valence-electron chi connectivity index (χ3n) is 3.90. The number of rotatable bonds is 11. The van der Waals surface area contributed by atoms with Crippen molar-refractivity contribution in [1.29, 1.82) is 0 Å². The highest BCUT2D eigenvalue weighted by Gasteiger charge is 2.24. The fraction of sp³-hybridized carbons (Fsp3) is 0.929.